The molecule has 0 bridgehead atoms. The Morgan fingerprint density at radius 3 is 2.81 bits per heavy atom. The highest BCUT2D eigenvalue weighted by Crippen LogP contribution is 2.28. The van der Waals surface area contributed by atoms with Crippen LogP contribution in [0.1, 0.15) is 11.1 Å². The van der Waals surface area contributed by atoms with Crippen molar-refractivity contribution in [3.8, 4) is 5.75 Å². The van der Waals surface area contributed by atoms with Crippen molar-refractivity contribution in [2.24, 2.45) is 4.99 Å². The van der Waals surface area contributed by atoms with Gasteiger partial charge < -0.3 is 9.47 Å². The minimum atomic E-state index is -0.689. The number of hydrogen-bond acceptors (Lipinski definition) is 6. The Balaban J connectivity index is 1.98. The van der Waals surface area contributed by atoms with E-state index in [1.54, 1.807) is 30.3 Å². The van der Waals surface area contributed by atoms with Gasteiger partial charge in [0.1, 0.15) is 12.4 Å². The molecule has 0 saturated carbocycles. The van der Waals surface area contributed by atoms with E-state index in [-0.39, 0.29) is 27.9 Å². The normalized spacial score (nSPS) is 14.6. The van der Waals surface area contributed by atoms with E-state index in [9.17, 15) is 14.9 Å². The molecule has 0 fully saturated rings. The number of esters is 1. The van der Waals surface area contributed by atoms with Gasteiger partial charge in [0.15, 0.2) is 5.70 Å². The number of nitrogens with zero attached hydrogens (tertiary/aromatic N) is 2. The molecule has 0 radical (unpaired) electrons. The van der Waals surface area contributed by atoms with Crippen molar-refractivity contribution in [1.29, 1.82) is 0 Å². The first-order valence-corrected chi connectivity index (χ1v) is 8.17. The highest BCUT2D eigenvalue weighted by molar-refractivity contribution is 6.34. The van der Waals surface area contributed by atoms with Gasteiger partial charge >= 0.3 is 5.97 Å². The molecule has 0 saturated heterocycles. The third-order valence-electron chi connectivity index (χ3n) is 3.58. The van der Waals surface area contributed by atoms with Gasteiger partial charge in [-0.1, -0.05) is 42.5 Å². The molecule has 0 aromatic heterocycles. The van der Waals surface area contributed by atoms with Gasteiger partial charge in [-0.25, -0.2) is 9.79 Å². The zero-order valence-corrected chi connectivity index (χ0v) is 14.7. The lowest BCUT2D eigenvalue weighted by atomic mass is 10.1. The van der Waals surface area contributed by atoms with E-state index in [1.165, 1.54) is 24.3 Å². The lowest BCUT2D eigenvalue weighted by Gasteiger charge is -2.06. The number of ether oxygens (including phenoxy) is 2. The van der Waals surface area contributed by atoms with E-state index in [1.807, 2.05) is 0 Å². The summed E-state index contributed by atoms with van der Waals surface area (Å²) < 4.78 is 10.7. The summed E-state index contributed by atoms with van der Waals surface area (Å²) in [7, 11) is 0. The Hall–Kier alpha value is -3.45. The fraction of sp³-hybridized carbons (Fsp3) is 0.0526. The summed E-state index contributed by atoms with van der Waals surface area (Å²) in [5.74, 6) is -0.231. The van der Waals surface area contributed by atoms with E-state index in [0.717, 1.165) is 0 Å². The number of non-ortho nitro benzene ring substituents is 1. The molecule has 1 aliphatic rings. The molecular formula is C19H13ClN2O5. The number of halogens is 1. The maximum Gasteiger partial charge on any atom is 0.363 e. The maximum atomic E-state index is 12.2. The largest absolute Gasteiger partial charge is 0.489 e. The topological polar surface area (TPSA) is 91.0 Å². The summed E-state index contributed by atoms with van der Waals surface area (Å²) >= 11 is 6.08. The molecule has 1 heterocycles. The van der Waals surface area contributed by atoms with Crippen LogP contribution in [0.3, 0.4) is 0 Å². The van der Waals surface area contributed by atoms with E-state index in [4.69, 9.17) is 21.1 Å². The number of nitro groups is 1. The highest BCUT2D eigenvalue weighted by atomic mass is 35.5. The zero-order chi connectivity index (χ0) is 19.4. The van der Waals surface area contributed by atoms with Crippen molar-refractivity contribution in [3.05, 3.63) is 87.1 Å². The molecule has 2 aromatic carbocycles. The van der Waals surface area contributed by atoms with Gasteiger partial charge in [0.25, 0.3) is 5.69 Å². The molecule has 0 N–H and O–H groups in total. The SMILES string of the molecule is C=CCOc1ccccc1/C=C1\N=C(c2cc([N+](=O)[O-])ccc2Cl)OC1=O. The van der Waals surface area contributed by atoms with Crippen molar-refractivity contribution < 1.29 is 19.2 Å². The van der Waals surface area contributed by atoms with Crippen LogP contribution in [0.25, 0.3) is 6.08 Å². The first-order valence-electron chi connectivity index (χ1n) is 7.79. The number of nitro benzene ring substituents is 1. The Kier molecular flexibility index (Phi) is 5.33. The Morgan fingerprint density at radius 2 is 2.07 bits per heavy atom. The van der Waals surface area contributed by atoms with E-state index in [2.05, 4.69) is 11.6 Å². The molecule has 0 unspecified atom stereocenters. The number of carbonyl (C=O) groups excluding carboxylic acids is 1. The molecule has 3 rings (SSSR count). The van der Waals surface area contributed by atoms with Crippen LogP contribution in [0.15, 0.2) is 65.8 Å². The molecule has 7 nitrogen and oxygen atoms in total. The number of rotatable bonds is 6. The molecule has 136 valence electrons. The van der Waals surface area contributed by atoms with Gasteiger partial charge in [0.05, 0.1) is 15.5 Å². The summed E-state index contributed by atoms with van der Waals surface area (Å²) in [6, 6.07) is 10.9. The first-order chi connectivity index (χ1) is 13.0. The van der Waals surface area contributed by atoms with Gasteiger partial charge in [-0.15, -0.1) is 0 Å². The van der Waals surface area contributed by atoms with Gasteiger partial charge in [-0.2, -0.15) is 0 Å². The fourth-order valence-electron chi connectivity index (χ4n) is 2.34. The molecule has 8 heteroatoms. The van der Waals surface area contributed by atoms with Crippen molar-refractivity contribution in [3.63, 3.8) is 0 Å². The molecule has 0 amide bonds. The minimum absolute atomic E-state index is 0.0298. The fourth-order valence-corrected chi connectivity index (χ4v) is 2.54. The van der Waals surface area contributed by atoms with E-state index in [0.29, 0.717) is 17.9 Å². The number of carbonyl (C=O) groups is 1. The van der Waals surface area contributed by atoms with Crippen molar-refractivity contribution in [2.45, 2.75) is 0 Å². The maximum absolute atomic E-state index is 12.2. The Labute approximate surface area is 159 Å². The zero-order valence-electron chi connectivity index (χ0n) is 13.9. The van der Waals surface area contributed by atoms with Crippen LogP contribution in [0.2, 0.25) is 5.02 Å². The van der Waals surface area contributed by atoms with Crippen LogP contribution in [-0.4, -0.2) is 23.4 Å². The second kappa shape index (κ2) is 7.84. The average molecular weight is 385 g/mol. The van der Waals surface area contributed by atoms with Crippen LogP contribution in [-0.2, 0) is 9.53 Å². The summed E-state index contributed by atoms with van der Waals surface area (Å²) in [4.78, 5) is 26.7. The molecule has 2 aromatic rings. The molecule has 0 spiro atoms. The lowest BCUT2D eigenvalue weighted by Crippen LogP contribution is -2.06. The number of hydrogen-bond donors (Lipinski definition) is 0. The van der Waals surface area contributed by atoms with Gasteiger partial charge in [0.2, 0.25) is 5.90 Å². The third kappa shape index (κ3) is 4.04. The number of cyclic esters (lactones) is 1. The highest BCUT2D eigenvalue weighted by Gasteiger charge is 2.27. The standard InChI is InChI=1S/C19H13ClN2O5/c1-2-9-26-17-6-4-3-5-12(17)10-16-19(23)27-18(21-16)14-11-13(22(24)25)7-8-15(14)20/h2-8,10-11H,1,9H2/b16-10-. The quantitative estimate of drug-likeness (QED) is 0.245. The first kappa shape index (κ1) is 18.3. The second-order valence-electron chi connectivity index (χ2n) is 5.39. The summed E-state index contributed by atoms with van der Waals surface area (Å²) in [5, 5.41) is 11.1. The molecule has 0 aliphatic carbocycles. The van der Waals surface area contributed by atoms with Gasteiger partial charge in [-0.3, -0.25) is 10.1 Å². The lowest BCUT2D eigenvalue weighted by molar-refractivity contribution is -0.384. The predicted octanol–water partition coefficient (Wildman–Crippen LogP) is 4.16. The van der Waals surface area contributed by atoms with Gasteiger partial charge in [0, 0.05) is 17.7 Å². The molecule has 27 heavy (non-hydrogen) atoms. The molecule has 0 atom stereocenters. The Bertz CT molecular complexity index is 997. The smallest absolute Gasteiger partial charge is 0.363 e. The number of aliphatic imine (C=N–C) groups is 1. The van der Waals surface area contributed by atoms with Crippen molar-refractivity contribution >= 4 is 35.2 Å². The monoisotopic (exact) mass is 384 g/mol. The van der Waals surface area contributed by atoms with Crippen LogP contribution in [0.5, 0.6) is 5.75 Å². The van der Waals surface area contributed by atoms with E-state index >= 15 is 0 Å². The Morgan fingerprint density at radius 1 is 1.30 bits per heavy atom. The van der Waals surface area contributed by atoms with E-state index < -0.39 is 10.9 Å². The summed E-state index contributed by atoms with van der Waals surface area (Å²) in [6.45, 7) is 3.90. The van der Waals surface area contributed by atoms with Gasteiger partial charge in [-0.05, 0) is 18.2 Å². The van der Waals surface area contributed by atoms with Crippen LogP contribution in [0.4, 0.5) is 5.69 Å². The molecular weight excluding hydrogens is 372 g/mol. The number of para-hydroxylation sites is 1. The minimum Gasteiger partial charge on any atom is -0.489 e. The van der Waals surface area contributed by atoms with Crippen LogP contribution >= 0.6 is 11.6 Å². The van der Waals surface area contributed by atoms with Crippen molar-refractivity contribution in [1.82, 2.24) is 0 Å². The second-order valence-corrected chi connectivity index (χ2v) is 5.80. The van der Waals surface area contributed by atoms with Crippen LogP contribution in [0, 0.1) is 10.1 Å². The number of benzene rings is 2. The average Bonchev–Trinajstić information content (AvgIpc) is 3.01. The third-order valence-corrected chi connectivity index (χ3v) is 3.91. The predicted molar refractivity (Wildman–Crippen MR) is 101 cm³/mol. The molecule has 1 aliphatic heterocycles. The van der Waals surface area contributed by atoms with Crippen molar-refractivity contribution in [2.75, 3.05) is 6.61 Å². The summed E-state index contributed by atoms with van der Waals surface area (Å²) in [6.07, 6.45) is 3.12. The van der Waals surface area contributed by atoms with Crippen LogP contribution < -0.4 is 4.74 Å². The summed E-state index contributed by atoms with van der Waals surface area (Å²) in [5.41, 5.74) is 0.635.